The topological polar surface area (TPSA) is 81.9 Å². The van der Waals surface area contributed by atoms with Gasteiger partial charge in [-0.25, -0.2) is 0 Å². The molecule has 0 saturated heterocycles. The fourth-order valence-electron chi connectivity index (χ4n) is 0.947. The van der Waals surface area contributed by atoms with Crippen LogP contribution >= 0.6 is 0 Å². The number of azide groups is 1. The van der Waals surface area contributed by atoms with Crippen LogP contribution in [-0.4, -0.2) is 16.7 Å². The first-order valence-corrected chi connectivity index (χ1v) is 3.85. The summed E-state index contributed by atoms with van der Waals surface area (Å²) in [5.74, 6) is 0. The number of aliphatic hydroxyl groups excluding tert-OH is 1. The van der Waals surface area contributed by atoms with E-state index in [2.05, 4.69) is 15.0 Å². The molecule has 0 fully saturated rings. The maximum Gasteiger partial charge on any atom is 0.0871 e. The second-order valence-corrected chi connectivity index (χ2v) is 2.64. The summed E-state index contributed by atoms with van der Waals surface area (Å²) in [6.45, 7) is 1.67. The number of aryl methyl sites for hydroxylation is 1. The molecule has 1 unspecified atom stereocenters. The van der Waals surface area contributed by atoms with Crippen LogP contribution < -0.4 is 0 Å². The van der Waals surface area contributed by atoms with Crippen LogP contribution in [0.2, 0.25) is 0 Å². The summed E-state index contributed by atoms with van der Waals surface area (Å²) in [7, 11) is 0. The Morgan fingerprint density at radius 2 is 2.46 bits per heavy atom. The van der Waals surface area contributed by atoms with Crippen molar-refractivity contribution in [1.29, 1.82) is 0 Å². The summed E-state index contributed by atoms with van der Waals surface area (Å²) in [5, 5.41) is 12.3. The van der Waals surface area contributed by atoms with Crippen LogP contribution in [0, 0.1) is 6.92 Å². The lowest BCUT2D eigenvalue weighted by atomic mass is 10.1. The van der Waals surface area contributed by atoms with Crippen molar-refractivity contribution in [3.63, 3.8) is 0 Å². The highest BCUT2D eigenvalue weighted by Crippen LogP contribution is 2.15. The lowest BCUT2D eigenvalue weighted by Gasteiger charge is -2.06. The molecule has 1 rings (SSSR count). The normalized spacial score (nSPS) is 11.8. The Morgan fingerprint density at radius 3 is 2.92 bits per heavy atom. The zero-order valence-electron chi connectivity index (χ0n) is 7.25. The van der Waals surface area contributed by atoms with Gasteiger partial charge in [-0.1, -0.05) is 11.2 Å². The van der Waals surface area contributed by atoms with Gasteiger partial charge < -0.3 is 5.11 Å². The van der Waals surface area contributed by atoms with Crippen LogP contribution in [0.3, 0.4) is 0 Å². The first-order chi connectivity index (χ1) is 6.27. The number of rotatable bonds is 3. The predicted octanol–water partition coefficient (Wildman–Crippen LogP) is 1.73. The minimum Gasteiger partial charge on any atom is -0.396 e. The van der Waals surface area contributed by atoms with Gasteiger partial charge in [0, 0.05) is 16.8 Å². The molecule has 0 aliphatic heterocycles. The van der Waals surface area contributed by atoms with Gasteiger partial charge in [-0.3, -0.25) is 4.98 Å². The standard InChI is InChI=1S/C8H10N4O/c1-6-2-3-7(4-10-6)8(5-13)11-12-9/h2-4,8,13H,5H2,1H3. The molecule has 0 aliphatic rings. The highest BCUT2D eigenvalue weighted by atomic mass is 16.3. The molecular weight excluding hydrogens is 168 g/mol. The van der Waals surface area contributed by atoms with Crippen LogP contribution in [0.5, 0.6) is 0 Å². The van der Waals surface area contributed by atoms with Gasteiger partial charge in [0.2, 0.25) is 0 Å². The van der Waals surface area contributed by atoms with Crippen molar-refractivity contribution in [3.05, 3.63) is 40.0 Å². The van der Waals surface area contributed by atoms with Crippen LogP contribution in [0.25, 0.3) is 10.4 Å². The second kappa shape index (κ2) is 4.45. The highest BCUT2D eigenvalue weighted by molar-refractivity contribution is 5.17. The molecule has 0 amide bonds. The van der Waals surface area contributed by atoms with Gasteiger partial charge in [0.1, 0.15) is 0 Å². The summed E-state index contributed by atoms with van der Waals surface area (Å²) in [5.41, 5.74) is 9.83. The molecule has 0 aliphatic carbocycles. The fourth-order valence-corrected chi connectivity index (χ4v) is 0.947. The first kappa shape index (κ1) is 9.51. The van der Waals surface area contributed by atoms with Crippen molar-refractivity contribution in [2.45, 2.75) is 13.0 Å². The molecule has 0 aromatic carbocycles. The minimum absolute atomic E-state index is 0.200. The Labute approximate surface area is 75.7 Å². The predicted molar refractivity (Wildman–Crippen MR) is 47.9 cm³/mol. The number of aromatic nitrogens is 1. The van der Waals surface area contributed by atoms with Gasteiger partial charge >= 0.3 is 0 Å². The van der Waals surface area contributed by atoms with Crippen molar-refractivity contribution in [2.75, 3.05) is 6.61 Å². The van der Waals surface area contributed by atoms with Crippen molar-refractivity contribution in [1.82, 2.24) is 4.98 Å². The molecule has 68 valence electrons. The van der Waals surface area contributed by atoms with E-state index in [9.17, 15) is 0 Å². The second-order valence-electron chi connectivity index (χ2n) is 2.64. The van der Waals surface area contributed by atoms with E-state index in [4.69, 9.17) is 10.6 Å². The molecule has 0 spiro atoms. The van der Waals surface area contributed by atoms with E-state index in [1.165, 1.54) is 0 Å². The third kappa shape index (κ3) is 2.43. The molecule has 1 N–H and O–H groups in total. The van der Waals surface area contributed by atoms with Crippen LogP contribution in [0.4, 0.5) is 0 Å². The number of hydrogen-bond donors (Lipinski definition) is 1. The maximum absolute atomic E-state index is 8.89. The molecule has 0 radical (unpaired) electrons. The third-order valence-electron chi connectivity index (χ3n) is 1.68. The van der Waals surface area contributed by atoms with Gasteiger partial charge in [0.25, 0.3) is 0 Å². The largest absolute Gasteiger partial charge is 0.396 e. The van der Waals surface area contributed by atoms with Crippen LogP contribution in [0.1, 0.15) is 17.3 Å². The van der Waals surface area contributed by atoms with Crippen molar-refractivity contribution >= 4 is 0 Å². The summed E-state index contributed by atoms with van der Waals surface area (Å²) < 4.78 is 0. The summed E-state index contributed by atoms with van der Waals surface area (Å²) in [4.78, 5) is 6.68. The SMILES string of the molecule is Cc1ccc(C(CO)N=[N+]=[N-])cn1. The van der Waals surface area contributed by atoms with Crippen molar-refractivity contribution < 1.29 is 5.11 Å². The summed E-state index contributed by atoms with van der Waals surface area (Å²) in [6, 6.07) is 3.07. The number of aliphatic hydroxyl groups is 1. The van der Waals surface area contributed by atoms with E-state index in [0.29, 0.717) is 0 Å². The molecule has 13 heavy (non-hydrogen) atoms. The molecule has 1 aromatic heterocycles. The smallest absolute Gasteiger partial charge is 0.0871 e. The molecule has 1 aromatic rings. The molecular formula is C8H10N4O. The Morgan fingerprint density at radius 1 is 1.69 bits per heavy atom. The fraction of sp³-hybridized carbons (Fsp3) is 0.375. The molecule has 5 nitrogen and oxygen atoms in total. The molecule has 1 heterocycles. The van der Waals surface area contributed by atoms with E-state index in [-0.39, 0.29) is 6.61 Å². The summed E-state index contributed by atoms with van der Waals surface area (Å²) >= 11 is 0. The van der Waals surface area contributed by atoms with Gasteiger partial charge in [-0.2, -0.15) is 0 Å². The van der Waals surface area contributed by atoms with Gasteiger partial charge in [0.15, 0.2) is 0 Å². The first-order valence-electron chi connectivity index (χ1n) is 3.85. The highest BCUT2D eigenvalue weighted by Gasteiger charge is 2.07. The van der Waals surface area contributed by atoms with E-state index in [1.807, 2.05) is 13.0 Å². The van der Waals surface area contributed by atoms with Crippen molar-refractivity contribution in [2.24, 2.45) is 5.11 Å². The minimum atomic E-state index is -0.530. The van der Waals surface area contributed by atoms with E-state index < -0.39 is 6.04 Å². The Balaban J connectivity index is 2.91. The maximum atomic E-state index is 8.89. The van der Waals surface area contributed by atoms with Gasteiger partial charge in [-0.15, -0.1) is 0 Å². The van der Waals surface area contributed by atoms with E-state index >= 15 is 0 Å². The number of hydrogen-bond acceptors (Lipinski definition) is 3. The quantitative estimate of drug-likeness (QED) is 0.434. The lowest BCUT2D eigenvalue weighted by Crippen LogP contribution is -2.00. The van der Waals surface area contributed by atoms with E-state index in [0.717, 1.165) is 11.3 Å². The number of pyridine rings is 1. The molecule has 5 heteroatoms. The van der Waals surface area contributed by atoms with Crippen molar-refractivity contribution in [3.8, 4) is 0 Å². The van der Waals surface area contributed by atoms with Crippen LogP contribution in [-0.2, 0) is 0 Å². The molecule has 0 bridgehead atoms. The summed E-state index contributed by atoms with van der Waals surface area (Å²) in [6.07, 6.45) is 1.60. The van der Waals surface area contributed by atoms with E-state index in [1.54, 1.807) is 12.3 Å². The van der Waals surface area contributed by atoms with Crippen LogP contribution in [0.15, 0.2) is 23.4 Å². The molecule has 1 atom stereocenters. The van der Waals surface area contributed by atoms with Gasteiger partial charge in [0.05, 0.1) is 12.6 Å². The molecule has 0 saturated carbocycles. The van der Waals surface area contributed by atoms with Gasteiger partial charge in [-0.05, 0) is 24.1 Å². The average Bonchev–Trinajstić information content (AvgIpc) is 2.16. The Kier molecular flexibility index (Phi) is 3.25. The lowest BCUT2D eigenvalue weighted by molar-refractivity contribution is 0.267. The third-order valence-corrected chi connectivity index (χ3v) is 1.68. The zero-order valence-corrected chi connectivity index (χ0v) is 7.25. The number of nitrogens with zero attached hydrogens (tertiary/aromatic N) is 4. The zero-order chi connectivity index (χ0) is 9.68. The Bertz CT molecular complexity index is 315. The average molecular weight is 178 g/mol. The Hall–Kier alpha value is -1.58. The monoisotopic (exact) mass is 178 g/mol.